The Bertz CT molecular complexity index is 490. The minimum Gasteiger partial charge on any atom is -0.399 e. The largest absolute Gasteiger partial charge is 0.399 e. The number of hydrogen-bond donors (Lipinski definition) is 2. The van der Waals surface area contributed by atoms with Gasteiger partial charge in [-0.05, 0) is 24.3 Å². The van der Waals surface area contributed by atoms with E-state index in [2.05, 4.69) is 4.98 Å². The predicted octanol–water partition coefficient (Wildman–Crippen LogP) is 1.49. The minimum absolute atomic E-state index is 0.298. The van der Waals surface area contributed by atoms with Crippen molar-refractivity contribution in [1.82, 2.24) is 4.98 Å². The van der Waals surface area contributed by atoms with Crippen LogP contribution in [0, 0.1) is 0 Å². The Balaban J connectivity index is 2.37. The fourth-order valence-corrected chi connectivity index (χ4v) is 1.96. The maximum Gasteiger partial charge on any atom is 0.268 e. The van der Waals surface area contributed by atoms with Crippen molar-refractivity contribution in [3.8, 4) is 10.6 Å². The number of nitrogens with zero attached hydrogens (tertiary/aromatic N) is 1. The van der Waals surface area contributed by atoms with Gasteiger partial charge in [0.1, 0.15) is 10.7 Å². The number of carbonyl (C=O) groups is 1. The summed E-state index contributed by atoms with van der Waals surface area (Å²) in [6.07, 6.45) is 0. The molecule has 4 nitrogen and oxygen atoms in total. The van der Waals surface area contributed by atoms with Crippen molar-refractivity contribution in [3.63, 3.8) is 0 Å². The van der Waals surface area contributed by atoms with Crippen LogP contribution in [0.25, 0.3) is 10.6 Å². The predicted molar refractivity (Wildman–Crippen MR) is 60.5 cm³/mol. The van der Waals surface area contributed by atoms with E-state index in [1.54, 1.807) is 17.5 Å². The molecule has 15 heavy (non-hydrogen) atoms. The number of thiazole rings is 1. The van der Waals surface area contributed by atoms with Crippen molar-refractivity contribution in [3.05, 3.63) is 35.3 Å². The maximum atomic E-state index is 10.8. The molecule has 2 aromatic rings. The molecule has 5 heteroatoms. The maximum absolute atomic E-state index is 10.8. The lowest BCUT2D eigenvalue weighted by atomic mass is 10.2. The van der Waals surface area contributed by atoms with Crippen molar-refractivity contribution in [2.24, 2.45) is 5.73 Å². The minimum atomic E-state index is -0.507. The Hall–Kier alpha value is -1.88. The van der Waals surface area contributed by atoms with Crippen molar-refractivity contribution in [1.29, 1.82) is 0 Å². The van der Waals surface area contributed by atoms with Gasteiger partial charge in [0.05, 0.1) is 0 Å². The second-order valence-corrected chi connectivity index (χ2v) is 3.88. The number of benzene rings is 1. The fourth-order valence-electron chi connectivity index (χ4n) is 1.15. The summed E-state index contributed by atoms with van der Waals surface area (Å²) < 4.78 is 0. The molecule has 0 aliphatic heterocycles. The first-order chi connectivity index (χ1) is 7.16. The second-order valence-electron chi connectivity index (χ2n) is 3.02. The number of amides is 1. The monoisotopic (exact) mass is 219 g/mol. The average Bonchev–Trinajstić information content (AvgIpc) is 2.68. The SMILES string of the molecule is NC(=O)c1csc(-c2ccc(N)cc2)n1. The summed E-state index contributed by atoms with van der Waals surface area (Å²) in [5.74, 6) is -0.507. The molecule has 1 aromatic heterocycles. The zero-order valence-corrected chi connectivity index (χ0v) is 8.62. The lowest BCUT2D eigenvalue weighted by Gasteiger charge is -1.96. The van der Waals surface area contributed by atoms with Gasteiger partial charge in [0, 0.05) is 16.6 Å². The molecule has 1 aromatic carbocycles. The lowest BCUT2D eigenvalue weighted by Crippen LogP contribution is -2.10. The number of primary amides is 1. The first-order valence-corrected chi connectivity index (χ1v) is 5.16. The van der Waals surface area contributed by atoms with E-state index >= 15 is 0 Å². The van der Waals surface area contributed by atoms with E-state index in [-0.39, 0.29) is 0 Å². The molecule has 0 radical (unpaired) electrons. The summed E-state index contributed by atoms with van der Waals surface area (Å²) in [6.45, 7) is 0. The number of hydrogen-bond acceptors (Lipinski definition) is 4. The Labute approximate surface area is 90.6 Å². The van der Waals surface area contributed by atoms with Crippen LogP contribution in [-0.2, 0) is 0 Å². The van der Waals surface area contributed by atoms with E-state index in [0.29, 0.717) is 11.4 Å². The lowest BCUT2D eigenvalue weighted by molar-refractivity contribution is 0.0996. The number of carbonyl (C=O) groups excluding carboxylic acids is 1. The molecule has 0 bridgehead atoms. The van der Waals surface area contributed by atoms with Gasteiger partial charge in [0.2, 0.25) is 0 Å². The Morgan fingerprint density at radius 2 is 1.93 bits per heavy atom. The smallest absolute Gasteiger partial charge is 0.268 e. The first kappa shape index (κ1) is 9.67. The molecule has 0 spiro atoms. The van der Waals surface area contributed by atoms with E-state index < -0.39 is 5.91 Å². The molecule has 4 N–H and O–H groups in total. The molecular weight excluding hydrogens is 210 g/mol. The quantitative estimate of drug-likeness (QED) is 0.751. The van der Waals surface area contributed by atoms with Crippen LogP contribution in [0.15, 0.2) is 29.6 Å². The highest BCUT2D eigenvalue weighted by molar-refractivity contribution is 7.13. The Morgan fingerprint density at radius 1 is 1.27 bits per heavy atom. The topological polar surface area (TPSA) is 82.0 Å². The van der Waals surface area contributed by atoms with Crippen LogP contribution < -0.4 is 11.5 Å². The van der Waals surface area contributed by atoms with Gasteiger partial charge in [-0.15, -0.1) is 11.3 Å². The van der Waals surface area contributed by atoms with Crippen molar-refractivity contribution >= 4 is 22.9 Å². The summed E-state index contributed by atoms with van der Waals surface area (Å²) >= 11 is 1.38. The van der Waals surface area contributed by atoms with Crippen LogP contribution in [-0.4, -0.2) is 10.9 Å². The molecule has 0 fully saturated rings. The fraction of sp³-hybridized carbons (Fsp3) is 0. The van der Waals surface area contributed by atoms with E-state index in [9.17, 15) is 4.79 Å². The number of aromatic nitrogens is 1. The highest BCUT2D eigenvalue weighted by Crippen LogP contribution is 2.24. The number of anilines is 1. The van der Waals surface area contributed by atoms with Crippen LogP contribution in [0.4, 0.5) is 5.69 Å². The molecular formula is C10H9N3OS. The molecule has 0 aliphatic rings. The van der Waals surface area contributed by atoms with Gasteiger partial charge in [0.25, 0.3) is 5.91 Å². The van der Waals surface area contributed by atoms with Gasteiger partial charge in [-0.1, -0.05) is 0 Å². The van der Waals surface area contributed by atoms with Gasteiger partial charge in [-0.2, -0.15) is 0 Å². The van der Waals surface area contributed by atoms with Gasteiger partial charge in [0.15, 0.2) is 0 Å². The molecule has 1 heterocycles. The zero-order valence-electron chi connectivity index (χ0n) is 7.81. The number of rotatable bonds is 2. The van der Waals surface area contributed by atoms with E-state index in [1.807, 2.05) is 12.1 Å². The standard InChI is InChI=1S/C10H9N3OS/c11-7-3-1-6(2-4-7)10-13-8(5-15-10)9(12)14/h1-5H,11H2,(H2,12,14). The summed E-state index contributed by atoms with van der Waals surface area (Å²) in [5.41, 5.74) is 12.6. The summed E-state index contributed by atoms with van der Waals surface area (Å²) in [6, 6.07) is 7.30. The molecule has 2 rings (SSSR count). The van der Waals surface area contributed by atoms with Crippen LogP contribution in [0.3, 0.4) is 0 Å². The third kappa shape index (κ3) is 1.97. The van der Waals surface area contributed by atoms with Crippen LogP contribution in [0.1, 0.15) is 10.5 Å². The highest BCUT2D eigenvalue weighted by Gasteiger charge is 2.07. The molecule has 0 saturated heterocycles. The zero-order chi connectivity index (χ0) is 10.8. The third-order valence-electron chi connectivity index (χ3n) is 1.91. The summed E-state index contributed by atoms with van der Waals surface area (Å²) in [4.78, 5) is 15.0. The Morgan fingerprint density at radius 3 is 2.47 bits per heavy atom. The molecule has 0 saturated carbocycles. The van der Waals surface area contributed by atoms with Crippen molar-refractivity contribution < 1.29 is 4.79 Å². The third-order valence-corrected chi connectivity index (χ3v) is 2.81. The number of nitrogen functional groups attached to an aromatic ring is 1. The van der Waals surface area contributed by atoms with E-state index in [0.717, 1.165) is 10.6 Å². The molecule has 0 unspecified atom stereocenters. The van der Waals surface area contributed by atoms with Gasteiger partial charge >= 0.3 is 0 Å². The van der Waals surface area contributed by atoms with E-state index in [4.69, 9.17) is 11.5 Å². The second kappa shape index (κ2) is 3.70. The van der Waals surface area contributed by atoms with Gasteiger partial charge in [-0.3, -0.25) is 4.79 Å². The van der Waals surface area contributed by atoms with Crippen molar-refractivity contribution in [2.45, 2.75) is 0 Å². The van der Waals surface area contributed by atoms with Crippen molar-refractivity contribution in [2.75, 3.05) is 5.73 Å². The van der Waals surface area contributed by atoms with Crippen LogP contribution in [0.2, 0.25) is 0 Å². The highest BCUT2D eigenvalue weighted by atomic mass is 32.1. The van der Waals surface area contributed by atoms with Gasteiger partial charge in [-0.25, -0.2) is 4.98 Å². The molecule has 0 aliphatic carbocycles. The van der Waals surface area contributed by atoms with Gasteiger partial charge < -0.3 is 11.5 Å². The molecule has 1 amide bonds. The number of nitrogens with two attached hydrogens (primary N) is 2. The van der Waals surface area contributed by atoms with Crippen LogP contribution in [0.5, 0.6) is 0 Å². The molecule has 76 valence electrons. The summed E-state index contributed by atoms with van der Waals surface area (Å²) in [5, 5.41) is 2.41. The first-order valence-electron chi connectivity index (χ1n) is 4.28. The van der Waals surface area contributed by atoms with E-state index in [1.165, 1.54) is 11.3 Å². The summed E-state index contributed by atoms with van der Waals surface area (Å²) in [7, 11) is 0. The Kier molecular flexibility index (Phi) is 2.39. The normalized spacial score (nSPS) is 10.1. The molecule has 0 atom stereocenters. The van der Waals surface area contributed by atoms with Crippen LogP contribution >= 0.6 is 11.3 Å². The average molecular weight is 219 g/mol.